The minimum absolute atomic E-state index is 0.0887. The Bertz CT molecular complexity index is 752. The molecule has 0 aliphatic heterocycles. The third kappa shape index (κ3) is 6.71. The summed E-state index contributed by atoms with van der Waals surface area (Å²) in [5.41, 5.74) is 0.305. The molecule has 0 aliphatic rings. The number of aromatic nitrogens is 1. The van der Waals surface area contributed by atoms with Crippen LogP contribution in [0.1, 0.15) is 37.4 Å². The molecule has 8 heteroatoms. The third-order valence-electron chi connectivity index (χ3n) is 4.47. The highest BCUT2D eigenvalue weighted by Crippen LogP contribution is 2.20. The van der Waals surface area contributed by atoms with E-state index in [9.17, 15) is 25.1 Å². The monoisotopic (exact) mass is 388 g/mol. The van der Waals surface area contributed by atoms with Crippen LogP contribution in [0.2, 0.25) is 0 Å². The maximum absolute atomic E-state index is 12.1. The molecule has 2 atom stereocenters. The van der Waals surface area contributed by atoms with Gasteiger partial charge in [-0.25, -0.2) is 4.57 Å². The van der Waals surface area contributed by atoms with E-state index in [1.165, 1.54) is 24.3 Å². The lowest BCUT2D eigenvalue weighted by atomic mass is 10.0. The van der Waals surface area contributed by atoms with Gasteiger partial charge in [0, 0.05) is 37.1 Å². The molecule has 1 heterocycles. The number of carbonyl (C=O) groups excluding carboxylic acids is 1. The second kappa shape index (κ2) is 11.1. The van der Waals surface area contributed by atoms with Gasteiger partial charge in [-0.05, 0) is 30.5 Å². The number of aliphatic hydroxyl groups is 2. The Morgan fingerprint density at radius 2 is 1.79 bits per heavy atom. The van der Waals surface area contributed by atoms with Gasteiger partial charge in [-0.1, -0.05) is 6.07 Å². The van der Waals surface area contributed by atoms with E-state index in [-0.39, 0.29) is 11.6 Å². The van der Waals surface area contributed by atoms with Crippen LogP contribution in [0.5, 0.6) is 0 Å². The molecule has 0 fully saturated rings. The average molecular weight is 388 g/mol. The van der Waals surface area contributed by atoms with Gasteiger partial charge in [-0.3, -0.25) is 14.9 Å². The fraction of sp³-hybridized carbons (Fsp3) is 0.400. The lowest BCUT2D eigenvalue weighted by Crippen LogP contribution is -2.41. The van der Waals surface area contributed by atoms with Crippen LogP contribution in [0.4, 0.5) is 5.69 Å². The van der Waals surface area contributed by atoms with Gasteiger partial charge in [0.25, 0.3) is 5.69 Å². The predicted molar refractivity (Wildman–Crippen MR) is 102 cm³/mol. The average Bonchev–Trinajstić information content (AvgIpc) is 2.72. The minimum atomic E-state index is -1.15. The lowest BCUT2D eigenvalue weighted by molar-refractivity contribution is -0.697. The van der Waals surface area contributed by atoms with E-state index in [2.05, 4.69) is 9.88 Å². The molecule has 2 rings (SSSR count). The summed E-state index contributed by atoms with van der Waals surface area (Å²) in [5, 5.41) is 33.2. The lowest BCUT2D eigenvalue weighted by Gasteiger charge is -2.22. The number of hydrogen-bond donors (Lipinski definition) is 3. The van der Waals surface area contributed by atoms with Crippen LogP contribution >= 0.6 is 0 Å². The van der Waals surface area contributed by atoms with E-state index < -0.39 is 23.7 Å². The molecule has 0 unspecified atom stereocenters. The van der Waals surface area contributed by atoms with Gasteiger partial charge in [-0.15, -0.1) is 0 Å². The topological polar surface area (TPSA) is 117 Å². The van der Waals surface area contributed by atoms with Crippen molar-refractivity contribution in [1.82, 2.24) is 5.32 Å². The molecular weight excluding hydrogens is 362 g/mol. The van der Waals surface area contributed by atoms with Crippen LogP contribution in [0.15, 0.2) is 54.9 Å². The number of nitro groups is 1. The normalized spacial score (nSPS) is 12.9. The third-order valence-corrected chi connectivity index (χ3v) is 4.47. The second-order valence-electron chi connectivity index (χ2n) is 6.57. The van der Waals surface area contributed by atoms with Gasteiger partial charge < -0.3 is 15.5 Å². The van der Waals surface area contributed by atoms with Crippen molar-refractivity contribution in [3.63, 3.8) is 0 Å². The van der Waals surface area contributed by atoms with Crippen molar-refractivity contribution in [2.45, 2.75) is 44.4 Å². The molecule has 0 bridgehead atoms. The van der Waals surface area contributed by atoms with Crippen molar-refractivity contribution in [3.8, 4) is 0 Å². The van der Waals surface area contributed by atoms with Crippen molar-refractivity contribution in [3.05, 3.63) is 70.5 Å². The Balaban J connectivity index is 1.74. The van der Waals surface area contributed by atoms with E-state index in [0.717, 1.165) is 19.4 Å². The molecule has 150 valence electrons. The number of benzene rings is 1. The number of nitrogens with one attached hydrogen (secondary N) is 1. The summed E-state index contributed by atoms with van der Waals surface area (Å²) in [7, 11) is 0. The number of non-ortho nitro benzene ring substituents is 1. The summed E-state index contributed by atoms with van der Waals surface area (Å²) in [5.74, 6) is -0.243. The maximum Gasteiger partial charge on any atom is 0.269 e. The molecule has 0 spiro atoms. The fourth-order valence-electron chi connectivity index (χ4n) is 2.87. The number of aryl methyl sites for hydroxylation is 1. The summed E-state index contributed by atoms with van der Waals surface area (Å²) < 4.78 is 2.09. The van der Waals surface area contributed by atoms with E-state index in [1.807, 2.05) is 30.6 Å². The quantitative estimate of drug-likeness (QED) is 0.234. The molecule has 8 nitrogen and oxygen atoms in total. The van der Waals surface area contributed by atoms with Crippen molar-refractivity contribution in [2.75, 3.05) is 6.61 Å². The molecule has 2 aromatic rings. The van der Waals surface area contributed by atoms with E-state index in [1.54, 1.807) is 0 Å². The Morgan fingerprint density at radius 1 is 1.11 bits per heavy atom. The SMILES string of the molecule is O=C(CCCCC[n+]1ccccc1)N[C@H](CO)[C@@H](O)c1ccc([N+](=O)[O-])cc1. The van der Waals surface area contributed by atoms with Crippen LogP contribution in [0.25, 0.3) is 0 Å². The first-order valence-electron chi connectivity index (χ1n) is 9.28. The number of rotatable bonds is 11. The first-order valence-corrected chi connectivity index (χ1v) is 9.28. The van der Waals surface area contributed by atoms with Crippen LogP contribution < -0.4 is 9.88 Å². The molecule has 3 N–H and O–H groups in total. The summed E-state index contributed by atoms with van der Waals surface area (Å²) in [6.07, 6.45) is 5.72. The van der Waals surface area contributed by atoms with Crippen molar-refractivity contribution in [2.24, 2.45) is 0 Å². The van der Waals surface area contributed by atoms with Crippen LogP contribution in [-0.2, 0) is 11.3 Å². The number of hydrogen-bond acceptors (Lipinski definition) is 5. The second-order valence-corrected chi connectivity index (χ2v) is 6.57. The molecule has 0 radical (unpaired) electrons. The largest absolute Gasteiger partial charge is 0.394 e. The first-order chi connectivity index (χ1) is 13.5. The molecule has 1 aromatic carbocycles. The van der Waals surface area contributed by atoms with Crippen molar-refractivity contribution in [1.29, 1.82) is 0 Å². The first kappa shape index (κ1) is 21.5. The molecule has 28 heavy (non-hydrogen) atoms. The fourth-order valence-corrected chi connectivity index (χ4v) is 2.87. The van der Waals surface area contributed by atoms with E-state index in [4.69, 9.17) is 0 Å². The van der Waals surface area contributed by atoms with Gasteiger partial charge in [-0.2, -0.15) is 0 Å². The molecule has 1 amide bonds. The zero-order chi connectivity index (χ0) is 20.4. The molecule has 1 aromatic heterocycles. The molecule has 0 saturated carbocycles. The number of amides is 1. The summed E-state index contributed by atoms with van der Waals surface area (Å²) in [6.45, 7) is 0.453. The van der Waals surface area contributed by atoms with E-state index in [0.29, 0.717) is 18.4 Å². The van der Waals surface area contributed by atoms with Crippen molar-refractivity contribution >= 4 is 11.6 Å². The smallest absolute Gasteiger partial charge is 0.269 e. The van der Waals surface area contributed by atoms with Gasteiger partial charge in [0.05, 0.1) is 17.6 Å². The number of aliphatic hydroxyl groups excluding tert-OH is 2. The highest BCUT2D eigenvalue weighted by molar-refractivity contribution is 5.76. The molecule has 0 aliphatic carbocycles. The van der Waals surface area contributed by atoms with Crippen LogP contribution in [0.3, 0.4) is 0 Å². The number of pyridine rings is 1. The summed E-state index contributed by atoms with van der Waals surface area (Å²) in [4.78, 5) is 22.3. The number of unbranched alkanes of at least 4 members (excludes halogenated alkanes) is 2. The van der Waals surface area contributed by atoms with Gasteiger partial charge in [0.1, 0.15) is 12.6 Å². The predicted octanol–water partition coefficient (Wildman–Crippen LogP) is 1.65. The van der Waals surface area contributed by atoms with Gasteiger partial charge in [0.15, 0.2) is 12.4 Å². The van der Waals surface area contributed by atoms with Crippen LogP contribution in [0, 0.1) is 10.1 Å². The van der Waals surface area contributed by atoms with Crippen LogP contribution in [-0.4, -0.2) is 33.7 Å². The van der Waals surface area contributed by atoms with Gasteiger partial charge in [0.2, 0.25) is 5.91 Å². The Kier molecular flexibility index (Phi) is 8.51. The molecular formula is C20H26N3O5+. The standard InChI is InChI=1S/C20H25N3O5/c24-15-18(20(26)16-8-10-17(11-9-16)23(27)28)21-19(25)7-3-1-4-12-22-13-5-2-6-14-22/h2,5-6,8-11,13-14,18,20,24,26H,1,3-4,7,12,15H2/p+1/t18-,20+/m1/s1. The number of carbonyl (C=O) groups is 1. The Labute approximate surface area is 163 Å². The summed E-state index contributed by atoms with van der Waals surface area (Å²) in [6, 6.07) is 10.4. The van der Waals surface area contributed by atoms with Gasteiger partial charge >= 0.3 is 0 Å². The minimum Gasteiger partial charge on any atom is -0.394 e. The highest BCUT2D eigenvalue weighted by atomic mass is 16.6. The Morgan fingerprint density at radius 3 is 2.39 bits per heavy atom. The highest BCUT2D eigenvalue weighted by Gasteiger charge is 2.22. The van der Waals surface area contributed by atoms with E-state index >= 15 is 0 Å². The zero-order valence-corrected chi connectivity index (χ0v) is 15.6. The maximum atomic E-state index is 12.1. The number of nitrogens with zero attached hydrogens (tertiary/aromatic N) is 2. The number of nitro benzene ring substituents is 1. The zero-order valence-electron chi connectivity index (χ0n) is 15.6. The van der Waals surface area contributed by atoms with Crippen molar-refractivity contribution < 1.29 is 24.5 Å². The summed E-state index contributed by atoms with van der Waals surface area (Å²) >= 11 is 0. The molecule has 0 saturated heterocycles. The Hall–Kier alpha value is -2.84.